The topological polar surface area (TPSA) is 60.1 Å². The van der Waals surface area contributed by atoms with Gasteiger partial charge < -0.3 is 14.3 Å². The van der Waals surface area contributed by atoms with E-state index in [0.29, 0.717) is 16.4 Å². The molecule has 0 unspecified atom stereocenters. The van der Waals surface area contributed by atoms with Crippen LogP contribution >= 0.6 is 11.6 Å². The summed E-state index contributed by atoms with van der Waals surface area (Å²) in [6.07, 6.45) is 5.50. The van der Waals surface area contributed by atoms with Crippen molar-refractivity contribution in [3.05, 3.63) is 52.8 Å². The summed E-state index contributed by atoms with van der Waals surface area (Å²) >= 11 is 6.02. The molecular formula is C17H16ClN3O2. The van der Waals surface area contributed by atoms with Gasteiger partial charge in [-0.25, -0.2) is 4.98 Å². The number of nitrogens with zero attached hydrogens (tertiary/aromatic N) is 2. The first-order chi connectivity index (χ1) is 11.1. The Morgan fingerprint density at radius 3 is 3.22 bits per heavy atom. The second-order valence-corrected chi connectivity index (χ2v) is 6.34. The molecule has 1 N–H and O–H groups in total. The number of hydrogen-bond donors (Lipinski definition) is 1. The van der Waals surface area contributed by atoms with Crippen molar-refractivity contribution >= 4 is 28.5 Å². The molecule has 1 atom stereocenters. The fraction of sp³-hybridized carbons (Fsp3) is 0.294. The van der Waals surface area contributed by atoms with E-state index in [1.54, 1.807) is 18.3 Å². The second-order valence-electron chi connectivity index (χ2n) is 5.90. The van der Waals surface area contributed by atoms with Crippen molar-refractivity contribution in [1.29, 1.82) is 0 Å². The first kappa shape index (κ1) is 14.3. The third-order valence-corrected chi connectivity index (χ3v) is 4.61. The van der Waals surface area contributed by atoms with Crippen molar-refractivity contribution < 1.29 is 9.21 Å². The standard InChI is InChI=1S/C17H16ClN3O2/c1-10-13-8-11(18)2-4-14(13)23-16(10)17(22)20-12-3-5-15-19-6-7-21(15)9-12/h2,4,6-8,12H,3,5,9H2,1H3,(H,20,22)/t12-/m0/s1. The minimum Gasteiger partial charge on any atom is -0.451 e. The molecule has 0 spiro atoms. The molecule has 3 aromatic rings. The Bertz CT molecular complexity index is 897. The molecule has 1 aliphatic rings. The molecule has 0 saturated heterocycles. The summed E-state index contributed by atoms with van der Waals surface area (Å²) in [5.41, 5.74) is 1.50. The van der Waals surface area contributed by atoms with E-state index in [-0.39, 0.29) is 11.9 Å². The van der Waals surface area contributed by atoms with Crippen molar-refractivity contribution in [2.24, 2.45) is 0 Å². The number of carbonyl (C=O) groups is 1. The van der Waals surface area contributed by atoms with Crippen molar-refractivity contribution in [1.82, 2.24) is 14.9 Å². The molecule has 0 bridgehead atoms. The van der Waals surface area contributed by atoms with E-state index in [9.17, 15) is 4.79 Å². The highest BCUT2D eigenvalue weighted by Gasteiger charge is 2.24. The Morgan fingerprint density at radius 1 is 1.48 bits per heavy atom. The molecule has 1 aliphatic heterocycles. The van der Waals surface area contributed by atoms with Crippen LogP contribution in [0.2, 0.25) is 5.02 Å². The van der Waals surface area contributed by atoms with Crippen molar-refractivity contribution in [2.45, 2.75) is 32.4 Å². The molecule has 118 valence electrons. The number of hydrogen-bond acceptors (Lipinski definition) is 3. The third-order valence-electron chi connectivity index (χ3n) is 4.37. The van der Waals surface area contributed by atoms with Crippen LogP contribution in [0, 0.1) is 6.92 Å². The van der Waals surface area contributed by atoms with Gasteiger partial charge in [0.25, 0.3) is 5.91 Å². The van der Waals surface area contributed by atoms with Gasteiger partial charge in [0.1, 0.15) is 11.4 Å². The fourth-order valence-electron chi connectivity index (χ4n) is 3.14. The lowest BCUT2D eigenvalue weighted by Crippen LogP contribution is -2.40. The zero-order valence-corrected chi connectivity index (χ0v) is 13.4. The number of aryl methyl sites for hydroxylation is 2. The molecule has 0 aliphatic carbocycles. The first-order valence-electron chi connectivity index (χ1n) is 7.61. The quantitative estimate of drug-likeness (QED) is 0.784. The molecule has 3 heterocycles. The molecule has 0 radical (unpaired) electrons. The average molecular weight is 330 g/mol. The van der Waals surface area contributed by atoms with Gasteiger partial charge in [-0.05, 0) is 31.5 Å². The number of fused-ring (bicyclic) bond motifs is 2. The number of nitrogens with one attached hydrogen (secondary N) is 1. The summed E-state index contributed by atoms with van der Waals surface area (Å²) in [7, 11) is 0. The Balaban J connectivity index is 1.57. The van der Waals surface area contributed by atoms with Crippen molar-refractivity contribution in [2.75, 3.05) is 0 Å². The molecule has 6 heteroatoms. The highest BCUT2D eigenvalue weighted by atomic mass is 35.5. The normalized spacial score (nSPS) is 17.2. The third kappa shape index (κ3) is 2.51. The van der Waals surface area contributed by atoms with E-state index in [2.05, 4.69) is 14.9 Å². The molecule has 0 fully saturated rings. The van der Waals surface area contributed by atoms with E-state index < -0.39 is 0 Å². The maximum Gasteiger partial charge on any atom is 0.287 e. The van der Waals surface area contributed by atoms with Gasteiger partial charge in [-0.3, -0.25) is 4.79 Å². The van der Waals surface area contributed by atoms with Crippen LogP contribution in [0.15, 0.2) is 35.0 Å². The van der Waals surface area contributed by atoms with Crippen LogP contribution in [0.25, 0.3) is 11.0 Å². The van der Waals surface area contributed by atoms with Gasteiger partial charge in [0.05, 0.1) is 0 Å². The number of halogens is 1. The first-order valence-corrected chi connectivity index (χ1v) is 7.99. The van der Waals surface area contributed by atoms with Gasteiger partial charge in [-0.15, -0.1) is 0 Å². The van der Waals surface area contributed by atoms with Crippen molar-refractivity contribution in [3.63, 3.8) is 0 Å². The molecule has 0 saturated carbocycles. The Hall–Kier alpha value is -2.27. The number of amides is 1. The van der Waals surface area contributed by atoms with Gasteiger partial charge >= 0.3 is 0 Å². The lowest BCUT2D eigenvalue weighted by molar-refractivity contribution is 0.0900. The van der Waals surface area contributed by atoms with E-state index in [1.165, 1.54) is 0 Å². The summed E-state index contributed by atoms with van der Waals surface area (Å²) in [4.78, 5) is 16.9. The Morgan fingerprint density at radius 2 is 2.35 bits per heavy atom. The number of furan rings is 1. The Kier molecular flexibility index (Phi) is 3.38. The monoisotopic (exact) mass is 329 g/mol. The fourth-order valence-corrected chi connectivity index (χ4v) is 3.32. The van der Waals surface area contributed by atoms with E-state index in [4.69, 9.17) is 16.0 Å². The molecule has 23 heavy (non-hydrogen) atoms. The van der Waals surface area contributed by atoms with Crippen LogP contribution in [0.3, 0.4) is 0 Å². The van der Waals surface area contributed by atoms with Gasteiger partial charge in [0.2, 0.25) is 0 Å². The number of carbonyl (C=O) groups excluding carboxylic acids is 1. The van der Waals surface area contributed by atoms with Crippen LogP contribution in [-0.2, 0) is 13.0 Å². The highest BCUT2D eigenvalue weighted by Crippen LogP contribution is 2.28. The number of aromatic nitrogens is 2. The molecular weight excluding hydrogens is 314 g/mol. The van der Waals surface area contributed by atoms with Crippen LogP contribution in [0.5, 0.6) is 0 Å². The minimum atomic E-state index is -0.177. The predicted molar refractivity (Wildman–Crippen MR) is 87.8 cm³/mol. The number of rotatable bonds is 2. The lowest BCUT2D eigenvalue weighted by Gasteiger charge is -2.24. The summed E-state index contributed by atoms with van der Waals surface area (Å²) in [6, 6.07) is 5.46. The number of imidazole rings is 1. The summed E-state index contributed by atoms with van der Waals surface area (Å²) in [6.45, 7) is 2.62. The zero-order valence-electron chi connectivity index (χ0n) is 12.7. The predicted octanol–water partition coefficient (Wildman–Crippen LogP) is 3.34. The van der Waals surface area contributed by atoms with Crippen LogP contribution in [0.1, 0.15) is 28.4 Å². The molecule has 5 nitrogen and oxygen atoms in total. The van der Waals surface area contributed by atoms with E-state index in [0.717, 1.165) is 36.2 Å². The molecule has 4 rings (SSSR count). The number of benzene rings is 1. The Labute approximate surface area is 138 Å². The minimum absolute atomic E-state index is 0.0837. The maximum atomic E-state index is 12.6. The SMILES string of the molecule is Cc1c(C(=O)N[C@H]2CCc3nccn3C2)oc2ccc(Cl)cc12. The summed E-state index contributed by atoms with van der Waals surface area (Å²) < 4.78 is 7.80. The molecule has 1 amide bonds. The van der Waals surface area contributed by atoms with Gasteiger partial charge in [-0.2, -0.15) is 0 Å². The van der Waals surface area contributed by atoms with Crippen LogP contribution < -0.4 is 5.32 Å². The largest absolute Gasteiger partial charge is 0.451 e. The molecule has 2 aromatic heterocycles. The van der Waals surface area contributed by atoms with E-state index >= 15 is 0 Å². The highest BCUT2D eigenvalue weighted by molar-refractivity contribution is 6.31. The molecule has 1 aromatic carbocycles. The summed E-state index contributed by atoms with van der Waals surface area (Å²) in [5, 5.41) is 4.58. The van der Waals surface area contributed by atoms with Crippen LogP contribution in [0.4, 0.5) is 0 Å². The smallest absolute Gasteiger partial charge is 0.287 e. The van der Waals surface area contributed by atoms with Gasteiger partial charge in [-0.1, -0.05) is 11.6 Å². The average Bonchev–Trinajstić information content (AvgIpc) is 3.12. The van der Waals surface area contributed by atoms with Crippen molar-refractivity contribution in [3.8, 4) is 0 Å². The van der Waals surface area contributed by atoms with Crippen LogP contribution in [-0.4, -0.2) is 21.5 Å². The maximum absolute atomic E-state index is 12.6. The van der Waals surface area contributed by atoms with Gasteiger partial charge in [0.15, 0.2) is 5.76 Å². The van der Waals surface area contributed by atoms with Gasteiger partial charge in [0, 0.05) is 47.4 Å². The van der Waals surface area contributed by atoms with E-state index in [1.807, 2.05) is 19.2 Å². The zero-order chi connectivity index (χ0) is 16.0. The summed E-state index contributed by atoms with van der Waals surface area (Å²) in [5.74, 6) is 1.26. The lowest BCUT2D eigenvalue weighted by atomic mass is 10.1. The second kappa shape index (κ2) is 5.42.